The van der Waals surface area contributed by atoms with Crippen molar-refractivity contribution in [2.24, 2.45) is 11.8 Å². The van der Waals surface area contributed by atoms with Crippen LogP contribution in [0.5, 0.6) is 0 Å². The van der Waals surface area contributed by atoms with Crippen molar-refractivity contribution in [3.05, 3.63) is 0 Å². The van der Waals surface area contributed by atoms with Gasteiger partial charge in [-0.1, -0.05) is 19.3 Å². The smallest absolute Gasteiger partial charge is 0.408 e. The second-order valence-electron chi connectivity index (χ2n) is 8.60. The van der Waals surface area contributed by atoms with Crippen molar-refractivity contribution in [2.75, 3.05) is 0 Å². The third-order valence-electron chi connectivity index (χ3n) is 4.55. The molecule has 1 aliphatic carbocycles. The van der Waals surface area contributed by atoms with E-state index < -0.39 is 47.2 Å². The molecule has 0 aromatic rings. The van der Waals surface area contributed by atoms with Gasteiger partial charge in [0.05, 0.1) is 6.04 Å². The number of rotatable bonds is 4. The first-order chi connectivity index (χ1) is 12.4. The predicted octanol–water partition coefficient (Wildman–Crippen LogP) is 2.48. The number of ketones is 1. The minimum atomic E-state index is -1.69. The molecule has 8 heteroatoms. The monoisotopic (exact) mass is 383 g/mol. The number of esters is 2. The van der Waals surface area contributed by atoms with Gasteiger partial charge in [0.2, 0.25) is 5.92 Å². The number of Topliss-reactive ketones (excluding diaryl/α,β-unsaturated/α-hetero) is 1. The third kappa shape index (κ3) is 5.68. The van der Waals surface area contributed by atoms with E-state index in [2.05, 4.69) is 5.32 Å². The molecule has 0 radical (unpaired) electrons. The van der Waals surface area contributed by atoms with Gasteiger partial charge < -0.3 is 19.5 Å². The molecule has 152 valence electrons. The van der Waals surface area contributed by atoms with Crippen LogP contribution < -0.4 is 5.32 Å². The summed E-state index contributed by atoms with van der Waals surface area (Å²) >= 11 is 0. The molecule has 0 bridgehead atoms. The zero-order valence-corrected chi connectivity index (χ0v) is 16.6. The van der Waals surface area contributed by atoms with Crippen molar-refractivity contribution in [1.29, 1.82) is 0 Å². The first kappa shape index (κ1) is 21.2. The van der Waals surface area contributed by atoms with Crippen molar-refractivity contribution in [1.82, 2.24) is 5.32 Å². The summed E-state index contributed by atoms with van der Waals surface area (Å²) in [6.07, 6.45) is 3.55. The van der Waals surface area contributed by atoms with Gasteiger partial charge in [-0.3, -0.25) is 14.4 Å². The lowest BCUT2D eigenvalue weighted by atomic mass is 9.79. The normalized spacial score (nSPS) is 22.4. The fourth-order valence-corrected chi connectivity index (χ4v) is 3.45. The SMILES string of the molecule is CC(C)(C)OC(=O)N[C@@H](C(=O)C1C(=O)OC(C)(C)OC1=O)C1CCCCC1. The van der Waals surface area contributed by atoms with Gasteiger partial charge in [0.25, 0.3) is 5.79 Å². The Morgan fingerprint density at radius 3 is 2.07 bits per heavy atom. The molecule has 1 N–H and O–H groups in total. The summed E-state index contributed by atoms with van der Waals surface area (Å²) in [5, 5.41) is 2.58. The van der Waals surface area contributed by atoms with E-state index in [1.165, 1.54) is 13.8 Å². The van der Waals surface area contributed by atoms with E-state index in [9.17, 15) is 19.2 Å². The van der Waals surface area contributed by atoms with E-state index >= 15 is 0 Å². The maximum Gasteiger partial charge on any atom is 0.408 e. The fraction of sp³-hybridized carbons (Fsp3) is 0.789. The molecule has 8 nitrogen and oxygen atoms in total. The van der Waals surface area contributed by atoms with Gasteiger partial charge in [-0.2, -0.15) is 0 Å². The molecule has 0 aromatic carbocycles. The number of cyclic esters (lactones) is 2. The maximum atomic E-state index is 13.1. The van der Waals surface area contributed by atoms with Crippen molar-refractivity contribution in [3.8, 4) is 0 Å². The van der Waals surface area contributed by atoms with Gasteiger partial charge >= 0.3 is 18.0 Å². The van der Waals surface area contributed by atoms with Crippen LogP contribution in [0.1, 0.15) is 66.7 Å². The Morgan fingerprint density at radius 2 is 1.59 bits per heavy atom. The number of ether oxygens (including phenoxy) is 3. The van der Waals surface area contributed by atoms with E-state index in [1.54, 1.807) is 20.8 Å². The standard InChI is InChI=1S/C19H29NO7/c1-18(2,3)27-17(24)20-13(11-9-7-6-8-10-11)14(21)12-15(22)25-19(4,5)26-16(12)23/h11-13H,6-10H2,1-5H3,(H,20,24)/t13-/m1/s1. The Morgan fingerprint density at radius 1 is 1.07 bits per heavy atom. The lowest BCUT2D eigenvalue weighted by Crippen LogP contribution is -2.56. The van der Waals surface area contributed by atoms with Crippen LogP contribution in [0.4, 0.5) is 4.79 Å². The molecule has 1 atom stereocenters. The van der Waals surface area contributed by atoms with Crippen LogP contribution in [0, 0.1) is 11.8 Å². The average molecular weight is 383 g/mol. The number of alkyl carbamates (subject to hydrolysis) is 1. The predicted molar refractivity (Wildman–Crippen MR) is 94.5 cm³/mol. The van der Waals surface area contributed by atoms with Crippen molar-refractivity contribution >= 4 is 23.8 Å². The van der Waals surface area contributed by atoms with E-state index in [-0.39, 0.29) is 5.92 Å². The molecule has 2 fully saturated rings. The highest BCUT2D eigenvalue weighted by Crippen LogP contribution is 2.31. The van der Waals surface area contributed by atoms with Crippen LogP contribution in [0.3, 0.4) is 0 Å². The lowest BCUT2D eigenvalue weighted by molar-refractivity contribution is -0.238. The summed E-state index contributed by atoms with van der Waals surface area (Å²) < 4.78 is 15.4. The summed E-state index contributed by atoms with van der Waals surface area (Å²) in [5.41, 5.74) is -0.739. The van der Waals surface area contributed by atoms with Gasteiger partial charge in [0, 0.05) is 13.8 Å². The minimum absolute atomic E-state index is 0.172. The second-order valence-corrected chi connectivity index (χ2v) is 8.60. The summed E-state index contributed by atoms with van der Waals surface area (Å²) in [5.74, 6) is -5.89. The highest BCUT2D eigenvalue weighted by atomic mass is 16.7. The van der Waals surface area contributed by atoms with E-state index in [4.69, 9.17) is 14.2 Å². The molecule has 0 unspecified atom stereocenters. The Labute approximate surface area is 159 Å². The van der Waals surface area contributed by atoms with Crippen LogP contribution in [-0.2, 0) is 28.6 Å². The van der Waals surface area contributed by atoms with Crippen molar-refractivity contribution < 1.29 is 33.4 Å². The summed E-state index contributed by atoms with van der Waals surface area (Å²) in [6, 6.07) is -1.01. The molecule has 1 saturated carbocycles. The number of carbonyl (C=O) groups excluding carboxylic acids is 4. The first-order valence-corrected chi connectivity index (χ1v) is 9.38. The molecular weight excluding hydrogens is 354 g/mol. The Bertz CT molecular complexity index is 594. The topological polar surface area (TPSA) is 108 Å². The van der Waals surface area contributed by atoms with Gasteiger partial charge in [-0.05, 0) is 39.5 Å². The third-order valence-corrected chi connectivity index (χ3v) is 4.55. The van der Waals surface area contributed by atoms with E-state index in [0.29, 0.717) is 12.8 Å². The number of hydrogen-bond donors (Lipinski definition) is 1. The lowest BCUT2D eigenvalue weighted by Gasteiger charge is -2.36. The van der Waals surface area contributed by atoms with E-state index in [1.807, 2.05) is 0 Å². The molecule has 2 aliphatic rings. The molecule has 1 aliphatic heterocycles. The zero-order chi connectivity index (χ0) is 20.4. The Kier molecular flexibility index (Phi) is 6.17. The Hall–Kier alpha value is -2.12. The molecule has 1 amide bonds. The van der Waals surface area contributed by atoms with Crippen LogP contribution >= 0.6 is 0 Å². The molecule has 27 heavy (non-hydrogen) atoms. The van der Waals surface area contributed by atoms with E-state index in [0.717, 1.165) is 19.3 Å². The second kappa shape index (κ2) is 7.86. The van der Waals surface area contributed by atoms with Gasteiger partial charge in [-0.15, -0.1) is 0 Å². The quantitative estimate of drug-likeness (QED) is 0.587. The average Bonchev–Trinajstić information content (AvgIpc) is 2.49. The zero-order valence-electron chi connectivity index (χ0n) is 16.6. The largest absolute Gasteiger partial charge is 0.444 e. The molecule has 2 rings (SSSR count). The van der Waals surface area contributed by atoms with Gasteiger partial charge in [0.1, 0.15) is 5.60 Å². The van der Waals surface area contributed by atoms with Crippen molar-refractivity contribution in [3.63, 3.8) is 0 Å². The summed E-state index contributed by atoms with van der Waals surface area (Å²) in [7, 11) is 0. The summed E-state index contributed by atoms with van der Waals surface area (Å²) in [6.45, 7) is 7.97. The molecular formula is C19H29NO7. The number of carbonyl (C=O) groups is 4. The van der Waals surface area contributed by atoms with Crippen LogP contribution in [0.15, 0.2) is 0 Å². The first-order valence-electron chi connectivity index (χ1n) is 9.38. The van der Waals surface area contributed by atoms with Crippen molar-refractivity contribution in [2.45, 2.75) is 84.2 Å². The number of hydrogen-bond acceptors (Lipinski definition) is 7. The van der Waals surface area contributed by atoms with Gasteiger partial charge in [0.15, 0.2) is 5.78 Å². The maximum absolute atomic E-state index is 13.1. The highest BCUT2D eigenvalue weighted by molar-refractivity contribution is 6.17. The van der Waals surface area contributed by atoms with Crippen LogP contribution in [0.25, 0.3) is 0 Å². The minimum Gasteiger partial charge on any atom is -0.444 e. The molecule has 0 aromatic heterocycles. The van der Waals surface area contributed by atoms with Gasteiger partial charge in [-0.25, -0.2) is 4.79 Å². The molecule has 1 saturated heterocycles. The molecule has 1 heterocycles. The van der Waals surface area contributed by atoms with Crippen LogP contribution in [-0.4, -0.2) is 41.2 Å². The van der Waals surface area contributed by atoms with Crippen LogP contribution in [0.2, 0.25) is 0 Å². The summed E-state index contributed by atoms with van der Waals surface area (Å²) in [4.78, 5) is 49.9. The number of nitrogens with one attached hydrogen (secondary N) is 1. The molecule has 0 spiro atoms. The Balaban J connectivity index is 2.21. The fourth-order valence-electron chi connectivity index (χ4n) is 3.45. The number of amides is 1. The highest BCUT2D eigenvalue weighted by Gasteiger charge is 2.50.